The van der Waals surface area contributed by atoms with Crippen LogP contribution in [0.3, 0.4) is 0 Å². The summed E-state index contributed by atoms with van der Waals surface area (Å²) in [6.45, 7) is 3.87. The van der Waals surface area contributed by atoms with Crippen LogP contribution in [0.5, 0.6) is 0 Å². The van der Waals surface area contributed by atoms with E-state index in [1.807, 2.05) is 43.3 Å². The lowest BCUT2D eigenvalue weighted by atomic mass is 10.3. The van der Waals surface area contributed by atoms with Crippen LogP contribution < -0.4 is 10.6 Å². The Hall–Kier alpha value is -2.14. The standard InChI is InChI=1S/C16H23N5/c1-13-18-15(17-10-7-11-21(2)3)12-16(19-13)20-14-8-5-4-6-9-14/h4-6,8-9,12H,7,10-11H2,1-3H3,(H2,17,18,19,20). The predicted molar refractivity (Wildman–Crippen MR) is 88.2 cm³/mol. The average molecular weight is 285 g/mol. The normalized spacial score (nSPS) is 10.7. The van der Waals surface area contributed by atoms with Gasteiger partial charge in [-0.05, 0) is 46.1 Å². The molecule has 21 heavy (non-hydrogen) atoms. The van der Waals surface area contributed by atoms with Gasteiger partial charge < -0.3 is 15.5 Å². The van der Waals surface area contributed by atoms with Gasteiger partial charge in [-0.25, -0.2) is 9.97 Å². The topological polar surface area (TPSA) is 53.1 Å². The van der Waals surface area contributed by atoms with Crippen LogP contribution in [0.25, 0.3) is 0 Å². The summed E-state index contributed by atoms with van der Waals surface area (Å²) in [5.41, 5.74) is 1.02. The van der Waals surface area contributed by atoms with E-state index in [1.54, 1.807) is 0 Å². The highest BCUT2D eigenvalue weighted by atomic mass is 15.1. The second-order valence-corrected chi connectivity index (χ2v) is 5.26. The first-order chi connectivity index (χ1) is 10.1. The Balaban J connectivity index is 1.97. The Labute approximate surface area is 126 Å². The summed E-state index contributed by atoms with van der Waals surface area (Å²) >= 11 is 0. The van der Waals surface area contributed by atoms with Crippen LogP contribution in [-0.2, 0) is 0 Å². The highest BCUT2D eigenvalue weighted by Gasteiger charge is 2.02. The molecule has 0 amide bonds. The molecule has 0 aliphatic heterocycles. The minimum atomic E-state index is 0.756. The molecule has 5 nitrogen and oxygen atoms in total. The third-order valence-electron chi connectivity index (χ3n) is 2.97. The lowest BCUT2D eigenvalue weighted by Gasteiger charge is -2.12. The lowest BCUT2D eigenvalue weighted by Crippen LogP contribution is -2.16. The molecule has 2 rings (SSSR count). The number of benzene rings is 1. The van der Waals surface area contributed by atoms with Crippen molar-refractivity contribution in [1.29, 1.82) is 0 Å². The smallest absolute Gasteiger partial charge is 0.136 e. The molecule has 0 aliphatic carbocycles. The Kier molecular flexibility index (Phi) is 5.51. The zero-order chi connectivity index (χ0) is 15.1. The minimum absolute atomic E-state index is 0.756. The first-order valence-electron chi connectivity index (χ1n) is 7.20. The van der Waals surface area contributed by atoms with Crippen molar-refractivity contribution in [3.05, 3.63) is 42.2 Å². The number of aromatic nitrogens is 2. The van der Waals surface area contributed by atoms with E-state index in [0.717, 1.165) is 42.7 Å². The Morgan fingerprint density at radius 2 is 1.76 bits per heavy atom. The number of anilines is 3. The van der Waals surface area contributed by atoms with Gasteiger partial charge in [0.1, 0.15) is 17.5 Å². The SMILES string of the molecule is Cc1nc(NCCCN(C)C)cc(Nc2ccccc2)n1. The molecule has 0 aliphatic rings. The average Bonchev–Trinajstić information content (AvgIpc) is 2.44. The zero-order valence-corrected chi connectivity index (χ0v) is 12.9. The molecule has 5 heteroatoms. The summed E-state index contributed by atoms with van der Waals surface area (Å²) in [5, 5.41) is 6.64. The van der Waals surface area contributed by atoms with E-state index in [0.29, 0.717) is 0 Å². The molecule has 1 heterocycles. The summed E-state index contributed by atoms with van der Waals surface area (Å²) in [5.74, 6) is 2.43. The van der Waals surface area contributed by atoms with E-state index in [4.69, 9.17) is 0 Å². The molecule has 1 aromatic carbocycles. The number of nitrogens with zero attached hydrogens (tertiary/aromatic N) is 3. The second-order valence-electron chi connectivity index (χ2n) is 5.26. The summed E-state index contributed by atoms with van der Waals surface area (Å²) in [4.78, 5) is 11.0. The van der Waals surface area contributed by atoms with Gasteiger partial charge in [-0.3, -0.25) is 0 Å². The zero-order valence-electron chi connectivity index (χ0n) is 12.9. The van der Waals surface area contributed by atoms with Gasteiger partial charge in [0.25, 0.3) is 0 Å². The van der Waals surface area contributed by atoms with Crippen LogP contribution in [0.2, 0.25) is 0 Å². The number of nitrogens with one attached hydrogen (secondary N) is 2. The summed E-state index contributed by atoms with van der Waals surface area (Å²) < 4.78 is 0. The Morgan fingerprint density at radius 3 is 2.48 bits per heavy atom. The van der Waals surface area contributed by atoms with Crippen molar-refractivity contribution in [3.63, 3.8) is 0 Å². The van der Waals surface area contributed by atoms with E-state index in [9.17, 15) is 0 Å². The van der Waals surface area contributed by atoms with Gasteiger partial charge in [-0.15, -0.1) is 0 Å². The molecule has 0 bridgehead atoms. The fourth-order valence-electron chi connectivity index (χ4n) is 2.00. The Bertz CT molecular complexity index is 554. The maximum atomic E-state index is 4.42. The van der Waals surface area contributed by atoms with E-state index in [-0.39, 0.29) is 0 Å². The van der Waals surface area contributed by atoms with E-state index in [1.165, 1.54) is 0 Å². The highest BCUT2D eigenvalue weighted by Crippen LogP contribution is 2.16. The van der Waals surface area contributed by atoms with Crippen LogP contribution in [0.4, 0.5) is 17.3 Å². The summed E-state index contributed by atoms with van der Waals surface area (Å²) in [6.07, 6.45) is 1.08. The van der Waals surface area contributed by atoms with Crippen LogP contribution in [0.15, 0.2) is 36.4 Å². The summed E-state index contributed by atoms with van der Waals surface area (Å²) in [6, 6.07) is 12.0. The van der Waals surface area contributed by atoms with Gasteiger partial charge >= 0.3 is 0 Å². The number of hydrogen-bond acceptors (Lipinski definition) is 5. The van der Waals surface area contributed by atoms with Crippen LogP contribution in [-0.4, -0.2) is 42.1 Å². The first-order valence-corrected chi connectivity index (χ1v) is 7.20. The number of aryl methyl sites for hydroxylation is 1. The molecule has 112 valence electrons. The largest absolute Gasteiger partial charge is 0.370 e. The third-order valence-corrected chi connectivity index (χ3v) is 2.97. The van der Waals surface area contributed by atoms with Crippen molar-refractivity contribution in [2.45, 2.75) is 13.3 Å². The van der Waals surface area contributed by atoms with Gasteiger partial charge in [0.05, 0.1) is 0 Å². The fourth-order valence-corrected chi connectivity index (χ4v) is 2.00. The third kappa shape index (κ3) is 5.39. The van der Waals surface area contributed by atoms with Crippen LogP contribution in [0, 0.1) is 6.92 Å². The van der Waals surface area contributed by atoms with Crippen molar-refractivity contribution in [1.82, 2.24) is 14.9 Å². The molecule has 0 radical (unpaired) electrons. The highest BCUT2D eigenvalue weighted by molar-refractivity contribution is 5.58. The maximum Gasteiger partial charge on any atom is 0.136 e. The van der Waals surface area contributed by atoms with Crippen LogP contribution in [0.1, 0.15) is 12.2 Å². The van der Waals surface area contributed by atoms with Gasteiger partial charge in [-0.1, -0.05) is 18.2 Å². The number of para-hydroxylation sites is 1. The molecule has 0 fully saturated rings. The lowest BCUT2D eigenvalue weighted by molar-refractivity contribution is 0.405. The van der Waals surface area contributed by atoms with E-state index < -0.39 is 0 Å². The molecule has 0 unspecified atom stereocenters. The second kappa shape index (κ2) is 7.59. The molecule has 0 saturated carbocycles. The molecule has 0 saturated heterocycles. The monoisotopic (exact) mass is 285 g/mol. The molecule has 2 aromatic rings. The minimum Gasteiger partial charge on any atom is -0.370 e. The van der Waals surface area contributed by atoms with Gasteiger partial charge in [0, 0.05) is 18.3 Å². The summed E-state index contributed by atoms with van der Waals surface area (Å²) in [7, 11) is 4.16. The molecule has 0 spiro atoms. The first kappa shape index (κ1) is 15.3. The molecule has 2 N–H and O–H groups in total. The van der Waals surface area contributed by atoms with Crippen molar-refractivity contribution < 1.29 is 0 Å². The maximum absolute atomic E-state index is 4.42. The van der Waals surface area contributed by atoms with Gasteiger partial charge in [0.2, 0.25) is 0 Å². The molecule has 0 atom stereocenters. The quantitative estimate of drug-likeness (QED) is 0.766. The van der Waals surface area contributed by atoms with Crippen molar-refractivity contribution >= 4 is 17.3 Å². The molecule has 1 aromatic heterocycles. The fraction of sp³-hybridized carbons (Fsp3) is 0.375. The number of hydrogen-bond donors (Lipinski definition) is 2. The van der Waals surface area contributed by atoms with Crippen molar-refractivity contribution in [2.24, 2.45) is 0 Å². The van der Waals surface area contributed by atoms with E-state index >= 15 is 0 Å². The number of rotatable bonds is 7. The van der Waals surface area contributed by atoms with Crippen LogP contribution >= 0.6 is 0 Å². The van der Waals surface area contributed by atoms with Crippen molar-refractivity contribution in [2.75, 3.05) is 37.8 Å². The predicted octanol–water partition coefficient (Wildman–Crippen LogP) is 2.89. The molecular formula is C16H23N5. The van der Waals surface area contributed by atoms with E-state index in [2.05, 4.69) is 39.6 Å². The molecular weight excluding hydrogens is 262 g/mol. The van der Waals surface area contributed by atoms with Crippen molar-refractivity contribution in [3.8, 4) is 0 Å². The Morgan fingerprint density at radius 1 is 1.05 bits per heavy atom. The van der Waals surface area contributed by atoms with Gasteiger partial charge in [0.15, 0.2) is 0 Å². The van der Waals surface area contributed by atoms with Gasteiger partial charge in [-0.2, -0.15) is 0 Å².